The Morgan fingerprint density at radius 3 is 2.38 bits per heavy atom. The maximum atomic E-state index is 12.6. The lowest BCUT2D eigenvalue weighted by Crippen LogP contribution is -2.18. The van der Waals surface area contributed by atoms with Crippen LogP contribution in [0.15, 0.2) is 59.5 Å². The van der Waals surface area contributed by atoms with Crippen molar-refractivity contribution >= 4 is 27.6 Å². The molecule has 9 nitrogen and oxygen atoms in total. The number of halogens is 3. The van der Waals surface area contributed by atoms with Crippen molar-refractivity contribution in [2.75, 3.05) is 16.2 Å². The minimum Gasteiger partial charge on any atom is -0.406 e. The van der Waals surface area contributed by atoms with Gasteiger partial charge in [-0.1, -0.05) is 19.1 Å². The second kappa shape index (κ2) is 10.1. The highest BCUT2D eigenvalue weighted by Crippen LogP contribution is 2.29. The second-order valence-electron chi connectivity index (χ2n) is 7.24. The van der Waals surface area contributed by atoms with Gasteiger partial charge in [-0.25, -0.2) is 4.98 Å². The fraction of sp³-hybridized carbons (Fsp3) is 0.238. The molecule has 0 unspecified atom stereocenters. The number of nitrogens with one attached hydrogen (secondary N) is 3. The van der Waals surface area contributed by atoms with Crippen molar-refractivity contribution < 1.29 is 30.9 Å². The summed E-state index contributed by atoms with van der Waals surface area (Å²) in [4.78, 5) is 8.50. The van der Waals surface area contributed by atoms with E-state index >= 15 is 0 Å². The van der Waals surface area contributed by atoms with Gasteiger partial charge < -0.3 is 10.1 Å². The largest absolute Gasteiger partial charge is 0.573 e. The van der Waals surface area contributed by atoms with Crippen molar-refractivity contribution in [2.45, 2.75) is 37.6 Å². The van der Waals surface area contributed by atoms with Gasteiger partial charge >= 0.3 is 6.36 Å². The molecule has 0 saturated heterocycles. The Morgan fingerprint density at radius 1 is 1.06 bits per heavy atom. The van der Waals surface area contributed by atoms with Crippen molar-refractivity contribution in [1.82, 2.24) is 9.97 Å². The quantitative estimate of drug-likeness (QED) is 0.240. The molecule has 3 aromatic rings. The number of hydrogen-bond donors (Lipinski definition) is 4. The van der Waals surface area contributed by atoms with Gasteiger partial charge in [0.05, 0.1) is 16.3 Å². The van der Waals surface area contributed by atoms with Crippen LogP contribution >= 0.6 is 0 Å². The third-order valence-corrected chi connectivity index (χ3v) is 5.43. The van der Waals surface area contributed by atoms with Gasteiger partial charge in [0, 0.05) is 17.7 Å². The molecule has 1 aromatic heterocycles. The van der Waals surface area contributed by atoms with E-state index in [1.807, 2.05) is 13.8 Å². The number of hydrazine groups is 1. The van der Waals surface area contributed by atoms with Gasteiger partial charge in [-0.2, -0.15) is 13.4 Å². The Hall–Kier alpha value is -3.58. The van der Waals surface area contributed by atoms with E-state index in [2.05, 4.69) is 30.9 Å². The summed E-state index contributed by atoms with van der Waals surface area (Å²) in [5.41, 5.74) is 6.85. The molecular weight excluding hydrogens is 475 g/mol. The molecule has 4 N–H and O–H groups in total. The molecule has 34 heavy (non-hydrogen) atoms. The van der Waals surface area contributed by atoms with Gasteiger partial charge in [0.2, 0.25) is 5.95 Å². The Bertz CT molecular complexity index is 1240. The summed E-state index contributed by atoms with van der Waals surface area (Å²) in [6.45, 7) is 3.90. The van der Waals surface area contributed by atoms with Gasteiger partial charge in [0.1, 0.15) is 5.75 Å². The van der Waals surface area contributed by atoms with E-state index in [0.29, 0.717) is 16.9 Å². The lowest BCUT2D eigenvalue weighted by atomic mass is 10.1. The predicted octanol–water partition coefficient (Wildman–Crippen LogP) is 4.94. The van der Waals surface area contributed by atoms with E-state index in [4.69, 9.17) is 4.55 Å². The van der Waals surface area contributed by atoms with Crippen LogP contribution in [-0.4, -0.2) is 35.3 Å². The van der Waals surface area contributed by atoms with Crippen molar-refractivity contribution in [1.29, 1.82) is 0 Å². The first-order valence-electron chi connectivity index (χ1n) is 10.0. The van der Waals surface area contributed by atoms with Gasteiger partial charge in [-0.15, -0.1) is 13.2 Å². The van der Waals surface area contributed by atoms with E-state index < -0.39 is 16.5 Å². The second-order valence-corrected chi connectivity index (χ2v) is 8.66. The highest BCUT2D eigenvalue weighted by molar-refractivity contribution is 7.85. The van der Waals surface area contributed by atoms with Gasteiger partial charge in [0.25, 0.3) is 10.1 Å². The van der Waals surface area contributed by atoms with Crippen LogP contribution in [0.3, 0.4) is 0 Å². The van der Waals surface area contributed by atoms with Gasteiger partial charge in [-0.3, -0.25) is 15.4 Å². The average Bonchev–Trinajstić information content (AvgIpc) is 2.76. The molecule has 3 rings (SSSR count). The molecule has 0 saturated carbocycles. The molecule has 0 fully saturated rings. The molecule has 0 amide bonds. The van der Waals surface area contributed by atoms with Crippen LogP contribution in [-0.2, 0) is 10.1 Å². The van der Waals surface area contributed by atoms with E-state index in [0.717, 1.165) is 6.42 Å². The zero-order chi connectivity index (χ0) is 24.9. The lowest BCUT2D eigenvalue weighted by molar-refractivity contribution is -0.274. The minimum atomic E-state index is -4.82. The molecular formula is C21H22F3N5O4S. The van der Waals surface area contributed by atoms with Crippen molar-refractivity contribution in [3.05, 3.63) is 54.6 Å². The van der Waals surface area contributed by atoms with Crippen LogP contribution in [0, 0.1) is 0 Å². The molecule has 1 atom stereocenters. The number of ether oxygens (including phenoxy) is 1. The zero-order valence-electron chi connectivity index (χ0n) is 18.1. The monoisotopic (exact) mass is 497 g/mol. The van der Waals surface area contributed by atoms with Crippen molar-refractivity contribution in [3.63, 3.8) is 0 Å². The summed E-state index contributed by atoms with van der Waals surface area (Å²) in [6, 6.07) is 12.2. The third kappa shape index (κ3) is 7.22. The molecule has 0 aliphatic heterocycles. The normalized spacial score (nSPS) is 12.6. The van der Waals surface area contributed by atoms with Gasteiger partial charge in [0.15, 0.2) is 5.82 Å². The van der Waals surface area contributed by atoms with E-state index in [1.165, 1.54) is 48.5 Å². The van der Waals surface area contributed by atoms with Crippen molar-refractivity contribution in [2.24, 2.45) is 0 Å². The standard InChI is InChI=1S/C21H22F3N5O4S/c1-3-13(2)25-20-26-18(14-5-4-6-16(11-14)33-21(22,23)24)12-19(27-20)29-28-15-7-9-17(10-8-15)34(30,31)32/h4-13,28H,3H2,1-2H3,(H,30,31,32)(H2,25,26,27,29)/t13-/m1/s1. The number of aromatic nitrogens is 2. The number of anilines is 3. The first-order chi connectivity index (χ1) is 15.9. The summed E-state index contributed by atoms with van der Waals surface area (Å²) in [6.07, 6.45) is -4.04. The highest BCUT2D eigenvalue weighted by Gasteiger charge is 2.31. The number of nitrogens with zero attached hydrogens (tertiary/aromatic N) is 2. The van der Waals surface area contributed by atoms with E-state index in [-0.39, 0.29) is 28.5 Å². The summed E-state index contributed by atoms with van der Waals surface area (Å²) in [5, 5.41) is 3.12. The van der Waals surface area contributed by atoms with Crippen LogP contribution in [0.4, 0.5) is 30.6 Å². The Labute approximate surface area is 194 Å². The zero-order valence-corrected chi connectivity index (χ0v) is 18.9. The smallest absolute Gasteiger partial charge is 0.406 e. The summed E-state index contributed by atoms with van der Waals surface area (Å²) in [5.74, 6) is 0.156. The molecule has 0 spiro atoms. The third-order valence-electron chi connectivity index (χ3n) is 4.56. The van der Waals surface area contributed by atoms with Crippen LogP contribution < -0.4 is 20.9 Å². The molecule has 1 heterocycles. The summed E-state index contributed by atoms with van der Waals surface area (Å²) in [7, 11) is -4.32. The molecule has 182 valence electrons. The molecule has 0 aliphatic rings. The lowest BCUT2D eigenvalue weighted by Gasteiger charge is -2.16. The molecule has 13 heteroatoms. The minimum absolute atomic E-state index is 0.0314. The first-order valence-corrected chi connectivity index (χ1v) is 11.5. The van der Waals surface area contributed by atoms with Crippen LogP contribution in [0.25, 0.3) is 11.3 Å². The Kier molecular flexibility index (Phi) is 7.47. The molecule has 0 radical (unpaired) electrons. The maximum Gasteiger partial charge on any atom is 0.573 e. The highest BCUT2D eigenvalue weighted by atomic mass is 32.2. The summed E-state index contributed by atoms with van der Waals surface area (Å²) < 4.78 is 73.3. The molecule has 2 aromatic carbocycles. The first kappa shape index (κ1) is 25.1. The average molecular weight is 497 g/mol. The van der Waals surface area contributed by atoms with Crippen LogP contribution in [0.5, 0.6) is 5.75 Å². The fourth-order valence-electron chi connectivity index (χ4n) is 2.75. The molecule has 0 aliphatic carbocycles. The number of hydrogen-bond acceptors (Lipinski definition) is 8. The number of benzene rings is 2. The van der Waals surface area contributed by atoms with Crippen molar-refractivity contribution in [3.8, 4) is 17.0 Å². The van der Waals surface area contributed by atoms with Gasteiger partial charge in [-0.05, 0) is 49.7 Å². The summed E-state index contributed by atoms with van der Waals surface area (Å²) >= 11 is 0. The molecule has 0 bridgehead atoms. The van der Waals surface area contributed by atoms with Crippen LogP contribution in [0.1, 0.15) is 20.3 Å². The SMILES string of the molecule is CC[C@@H](C)Nc1nc(NNc2ccc(S(=O)(=O)O)cc2)cc(-c2cccc(OC(F)(F)F)c2)n1. The van der Waals surface area contributed by atoms with E-state index in [1.54, 1.807) is 6.07 Å². The van der Waals surface area contributed by atoms with E-state index in [9.17, 15) is 21.6 Å². The predicted molar refractivity (Wildman–Crippen MR) is 121 cm³/mol. The Morgan fingerprint density at radius 2 is 1.76 bits per heavy atom. The maximum absolute atomic E-state index is 12.6. The number of rotatable bonds is 9. The topological polar surface area (TPSA) is 125 Å². The number of alkyl halides is 3. The fourth-order valence-corrected chi connectivity index (χ4v) is 3.23. The van der Waals surface area contributed by atoms with Crippen LogP contribution in [0.2, 0.25) is 0 Å². The Balaban J connectivity index is 1.88.